The molecule has 0 bridgehead atoms. The highest BCUT2D eigenvalue weighted by molar-refractivity contribution is 5.26. The van der Waals surface area contributed by atoms with E-state index in [-0.39, 0.29) is 11.7 Å². The third-order valence-corrected chi connectivity index (χ3v) is 3.44. The standard InChI is InChI=1S/C17H18F3N/c1-2-21-11-14(12-4-3-5-15(18)9-12)8-13-6-7-16(19)10-17(13)20/h3-7,9-10,14,21H,2,8,11H2,1H3. The Bertz CT molecular complexity index is 598. The van der Waals surface area contributed by atoms with Crippen molar-refractivity contribution in [2.45, 2.75) is 19.3 Å². The molecule has 21 heavy (non-hydrogen) atoms. The van der Waals surface area contributed by atoms with Crippen LogP contribution in [-0.2, 0) is 6.42 Å². The molecule has 4 heteroatoms. The minimum absolute atomic E-state index is 0.0689. The summed E-state index contributed by atoms with van der Waals surface area (Å²) in [7, 11) is 0. The van der Waals surface area contributed by atoms with Gasteiger partial charge < -0.3 is 5.32 Å². The zero-order valence-electron chi connectivity index (χ0n) is 11.9. The van der Waals surface area contributed by atoms with Crippen LogP contribution in [0.1, 0.15) is 24.0 Å². The molecule has 0 aliphatic rings. The molecule has 1 atom stereocenters. The summed E-state index contributed by atoms with van der Waals surface area (Å²) < 4.78 is 40.1. The topological polar surface area (TPSA) is 12.0 Å². The fraction of sp³-hybridized carbons (Fsp3) is 0.294. The predicted molar refractivity (Wildman–Crippen MR) is 77.7 cm³/mol. The lowest BCUT2D eigenvalue weighted by Gasteiger charge is -2.18. The van der Waals surface area contributed by atoms with E-state index in [1.165, 1.54) is 24.3 Å². The third kappa shape index (κ3) is 4.33. The van der Waals surface area contributed by atoms with Crippen molar-refractivity contribution in [3.05, 3.63) is 71.0 Å². The molecule has 0 saturated heterocycles. The summed E-state index contributed by atoms with van der Waals surface area (Å²) in [5.74, 6) is -1.53. The largest absolute Gasteiger partial charge is 0.316 e. The Morgan fingerprint density at radius 1 is 1.00 bits per heavy atom. The highest BCUT2D eigenvalue weighted by Gasteiger charge is 2.15. The lowest BCUT2D eigenvalue weighted by Crippen LogP contribution is -2.23. The maximum Gasteiger partial charge on any atom is 0.129 e. The number of benzene rings is 2. The first-order chi connectivity index (χ1) is 10.1. The summed E-state index contributed by atoms with van der Waals surface area (Å²) in [4.78, 5) is 0. The first kappa shape index (κ1) is 15.6. The molecule has 1 unspecified atom stereocenters. The third-order valence-electron chi connectivity index (χ3n) is 3.44. The molecule has 0 aliphatic carbocycles. The zero-order chi connectivity index (χ0) is 15.2. The number of hydrogen-bond acceptors (Lipinski definition) is 1. The molecule has 2 aromatic carbocycles. The number of hydrogen-bond donors (Lipinski definition) is 1. The van der Waals surface area contributed by atoms with E-state index in [1.54, 1.807) is 6.07 Å². The van der Waals surface area contributed by atoms with Gasteiger partial charge in [-0.1, -0.05) is 25.1 Å². The molecule has 0 fully saturated rings. The molecule has 0 radical (unpaired) electrons. The van der Waals surface area contributed by atoms with Gasteiger partial charge in [-0.3, -0.25) is 0 Å². The Balaban J connectivity index is 2.23. The maximum absolute atomic E-state index is 13.8. The zero-order valence-corrected chi connectivity index (χ0v) is 11.9. The van der Waals surface area contributed by atoms with Crippen molar-refractivity contribution in [3.8, 4) is 0 Å². The van der Waals surface area contributed by atoms with Gasteiger partial charge in [0.15, 0.2) is 0 Å². The molecular formula is C17H18F3N. The lowest BCUT2D eigenvalue weighted by molar-refractivity contribution is 0.545. The van der Waals surface area contributed by atoms with E-state index in [1.807, 2.05) is 13.0 Å². The Morgan fingerprint density at radius 3 is 2.43 bits per heavy atom. The second-order valence-electron chi connectivity index (χ2n) is 5.00. The van der Waals surface area contributed by atoms with E-state index in [2.05, 4.69) is 5.32 Å². The van der Waals surface area contributed by atoms with Gasteiger partial charge in [-0.15, -0.1) is 0 Å². The van der Waals surface area contributed by atoms with Crippen LogP contribution in [0.15, 0.2) is 42.5 Å². The van der Waals surface area contributed by atoms with Crippen molar-refractivity contribution in [2.75, 3.05) is 13.1 Å². The average molecular weight is 293 g/mol. The van der Waals surface area contributed by atoms with Crippen molar-refractivity contribution >= 4 is 0 Å². The van der Waals surface area contributed by atoms with Gasteiger partial charge in [0.25, 0.3) is 0 Å². The summed E-state index contributed by atoms with van der Waals surface area (Å²) >= 11 is 0. The van der Waals surface area contributed by atoms with Gasteiger partial charge in [-0.2, -0.15) is 0 Å². The maximum atomic E-state index is 13.8. The lowest BCUT2D eigenvalue weighted by atomic mass is 9.91. The second-order valence-corrected chi connectivity index (χ2v) is 5.00. The van der Waals surface area contributed by atoms with Crippen LogP contribution >= 0.6 is 0 Å². The van der Waals surface area contributed by atoms with Gasteiger partial charge in [0.2, 0.25) is 0 Å². The smallest absolute Gasteiger partial charge is 0.129 e. The fourth-order valence-corrected chi connectivity index (χ4v) is 2.34. The van der Waals surface area contributed by atoms with Crippen LogP contribution in [0.2, 0.25) is 0 Å². The molecule has 1 N–H and O–H groups in total. The molecule has 0 amide bonds. The van der Waals surface area contributed by atoms with E-state index < -0.39 is 11.6 Å². The minimum Gasteiger partial charge on any atom is -0.316 e. The molecule has 0 heterocycles. The van der Waals surface area contributed by atoms with Crippen molar-refractivity contribution in [2.24, 2.45) is 0 Å². The van der Waals surface area contributed by atoms with Crippen LogP contribution in [0.3, 0.4) is 0 Å². The van der Waals surface area contributed by atoms with Crippen LogP contribution in [-0.4, -0.2) is 13.1 Å². The van der Waals surface area contributed by atoms with E-state index in [0.717, 1.165) is 18.2 Å². The van der Waals surface area contributed by atoms with Crippen LogP contribution in [0.25, 0.3) is 0 Å². The molecule has 1 nitrogen and oxygen atoms in total. The first-order valence-electron chi connectivity index (χ1n) is 7.00. The Hall–Kier alpha value is -1.81. The predicted octanol–water partition coefficient (Wildman–Crippen LogP) is 4.04. The molecule has 2 aromatic rings. The molecular weight excluding hydrogens is 275 g/mol. The van der Waals surface area contributed by atoms with E-state index in [9.17, 15) is 13.2 Å². The van der Waals surface area contributed by atoms with Crippen molar-refractivity contribution in [1.29, 1.82) is 0 Å². The van der Waals surface area contributed by atoms with Crippen LogP contribution in [0, 0.1) is 17.5 Å². The van der Waals surface area contributed by atoms with Gasteiger partial charge in [0, 0.05) is 18.5 Å². The molecule has 0 spiro atoms. The fourth-order valence-electron chi connectivity index (χ4n) is 2.34. The summed E-state index contributed by atoms with van der Waals surface area (Å²) in [5, 5.41) is 3.20. The van der Waals surface area contributed by atoms with Gasteiger partial charge in [-0.05, 0) is 42.3 Å². The summed E-state index contributed by atoms with van der Waals surface area (Å²) in [6.45, 7) is 3.36. The monoisotopic (exact) mass is 293 g/mol. The highest BCUT2D eigenvalue weighted by atomic mass is 19.1. The Labute approximate surface area is 122 Å². The number of nitrogens with one attached hydrogen (secondary N) is 1. The van der Waals surface area contributed by atoms with Crippen molar-refractivity contribution in [1.82, 2.24) is 5.32 Å². The molecule has 2 rings (SSSR count). The van der Waals surface area contributed by atoms with Gasteiger partial charge in [0.05, 0.1) is 0 Å². The average Bonchev–Trinajstić information content (AvgIpc) is 2.45. The summed E-state index contributed by atoms with van der Waals surface area (Å²) in [6, 6.07) is 9.88. The Kier molecular flexibility index (Phi) is 5.39. The van der Waals surface area contributed by atoms with Gasteiger partial charge >= 0.3 is 0 Å². The first-order valence-corrected chi connectivity index (χ1v) is 7.00. The summed E-state index contributed by atoms with van der Waals surface area (Å²) in [6.07, 6.45) is 0.391. The molecule has 112 valence electrons. The van der Waals surface area contributed by atoms with E-state index in [0.29, 0.717) is 18.5 Å². The van der Waals surface area contributed by atoms with E-state index >= 15 is 0 Å². The summed E-state index contributed by atoms with van der Waals surface area (Å²) in [5.41, 5.74) is 1.24. The normalized spacial score (nSPS) is 12.4. The molecule has 0 aliphatic heterocycles. The number of rotatable bonds is 6. The SMILES string of the molecule is CCNCC(Cc1ccc(F)cc1F)c1cccc(F)c1. The highest BCUT2D eigenvalue weighted by Crippen LogP contribution is 2.23. The van der Waals surface area contributed by atoms with Crippen LogP contribution in [0.5, 0.6) is 0 Å². The quantitative estimate of drug-likeness (QED) is 0.847. The molecule has 0 aromatic heterocycles. The minimum atomic E-state index is -0.592. The van der Waals surface area contributed by atoms with Gasteiger partial charge in [0.1, 0.15) is 17.5 Å². The number of likely N-dealkylation sites (N-methyl/N-ethyl adjacent to an activating group) is 1. The van der Waals surface area contributed by atoms with Crippen LogP contribution in [0.4, 0.5) is 13.2 Å². The number of halogens is 3. The van der Waals surface area contributed by atoms with E-state index in [4.69, 9.17) is 0 Å². The Morgan fingerprint density at radius 2 is 1.76 bits per heavy atom. The van der Waals surface area contributed by atoms with Gasteiger partial charge in [-0.25, -0.2) is 13.2 Å². The van der Waals surface area contributed by atoms with Crippen LogP contribution < -0.4 is 5.32 Å². The van der Waals surface area contributed by atoms with Crippen molar-refractivity contribution < 1.29 is 13.2 Å². The molecule has 0 saturated carbocycles. The second kappa shape index (κ2) is 7.27. The van der Waals surface area contributed by atoms with Crippen molar-refractivity contribution in [3.63, 3.8) is 0 Å².